The molecule has 0 unspecified atom stereocenters. The number of aryl methyl sites for hydroxylation is 2. The lowest BCUT2D eigenvalue weighted by Crippen LogP contribution is -1.94. The molecule has 84 valence electrons. The molecule has 0 saturated carbocycles. The Hall–Kier alpha value is -1.35. The second-order valence-corrected chi connectivity index (χ2v) is 4.97. The topological polar surface area (TPSA) is 24.9 Å². The van der Waals surface area contributed by atoms with Crippen LogP contribution in [0.25, 0.3) is 10.4 Å². The van der Waals surface area contributed by atoms with Gasteiger partial charge in [0.15, 0.2) is 5.13 Å². The Kier molecular flexibility index (Phi) is 3.25. The third-order valence-corrected chi connectivity index (χ3v) is 3.34. The molecule has 2 rings (SSSR count). The lowest BCUT2D eigenvalue weighted by atomic mass is 10.1. The molecule has 0 aliphatic rings. The lowest BCUT2D eigenvalue weighted by molar-refractivity contribution is 1.19. The molecule has 1 aromatic carbocycles. The highest BCUT2D eigenvalue weighted by Crippen LogP contribution is 2.30. The normalized spacial score (nSPS) is 10.4. The minimum Gasteiger partial charge on any atom is -0.362 e. The van der Waals surface area contributed by atoms with Crippen molar-refractivity contribution in [1.29, 1.82) is 0 Å². The van der Waals surface area contributed by atoms with E-state index >= 15 is 0 Å². The van der Waals surface area contributed by atoms with Crippen molar-refractivity contribution in [2.45, 2.75) is 20.8 Å². The van der Waals surface area contributed by atoms with Crippen LogP contribution in [0.15, 0.2) is 24.4 Å². The SMILES string of the molecule is CCNc1ncc(-c2cc(C)cc(C)c2)s1. The van der Waals surface area contributed by atoms with E-state index in [0.717, 1.165) is 11.7 Å². The third kappa shape index (κ3) is 2.42. The Labute approximate surface area is 100 Å². The van der Waals surface area contributed by atoms with Crippen molar-refractivity contribution in [3.05, 3.63) is 35.5 Å². The van der Waals surface area contributed by atoms with Gasteiger partial charge < -0.3 is 5.32 Å². The van der Waals surface area contributed by atoms with E-state index in [1.165, 1.54) is 21.6 Å². The molecule has 16 heavy (non-hydrogen) atoms. The van der Waals surface area contributed by atoms with Crippen LogP contribution in [-0.2, 0) is 0 Å². The summed E-state index contributed by atoms with van der Waals surface area (Å²) in [6, 6.07) is 6.60. The fraction of sp³-hybridized carbons (Fsp3) is 0.308. The van der Waals surface area contributed by atoms with Crippen molar-refractivity contribution >= 4 is 16.5 Å². The summed E-state index contributed by atoms with van der Waals surface area (Å²) in [6.07, 6.45) is 1.94. The van der Waals surface area contributed by atoms with Crippen LogP contribution < -0.4 is 5.32 Å². The van der Waals surface area contributed by atoms with Gasteiger partial charge >= 0.3 is 0 Å². The number of aromatic nitrogens is 1. The molecule has 1 aromatic heterocycles. The quantitative estimate of drug-likeness (QED) is 0.869. The molecule has 0 atom stereocenters. The van der Waals surface area contributed by atoms with E-state index in [0.29, 0.717) is 0 Å². The van der Waals surface area contributed by atoms with Crippen molar-refractivity contribution in [3.63, 3.8) is 0 Å². The molecule has 0 radical (unpaired) electrons. The van der Waals surface area contributed by atoms with E-state index in [1.807, 2.05) is 6.20 Å². The first kappa shape index (κ1) is 11.1. The summed E-state index contributed by atoms with van der Waals surface area (Å²) in [7, 11) is 0. The van der Waals surface area contributed by atoms with Gasteiger partial charge in [-0.2, -0.15) is 0 Å². The van der Waals surface area contributed by atoms with Crippen LogP contribution in [0.1, 0.15) is 18.1 Å². The van der Waals surface area contributed by atoms with Crippen molar-refractivity contribution in [3.8, 4) is 10.4 Å². The Balaban J connectivity index is 2.34. The molecule has 1 N–H and O–H groups in total. The number of thiazole rings is 1. The molecule has 0 aliphatic heterocycles. The van der Waals surface area contributed by atoms with E-state index < -0.39 is 0 Å². The number of nitrogens with one attached hydrogen (secondary N) is 1. The van der Waals surface area contributed by atoms with Crippen LogP contribution in [0.5, 0.6) is 0 Å². The third-order valence-electron chi connectivity index (χ3n) is 2.34. The monoisotopic (exact) mass is 232 g/mol. The zero-order valence-electron chi connectivity index (χ0n) is 9.87. The minimum atomic E-state index is 0.916. The average Bonchev–Trinajstić information content (AvgIpc) is 2.65. The minimum absolute atomic E-state index is 0.916. The number of hydrogen-bond acceptors (Lipinski definition) is 3. The highest BCUT2D eigenvalue weighted by atomic mass is 32.1. The van der Waals surface area contributed by atoms with E-state index in [4.69, 9.17) is 0 Å². The zero-order chi connectivity index (χ0) is 11.5. The maximum Gasteiger partial charge on any atom is 0.183 e. The maximum atomic E-state index is 4.35. The van der Waals surface area contributed by atoms with Gasteiger partial charge in [-0.15, -0.1) is 0 Å². The summed E-state index contributed by atoms with van der Waals surface area (Å²) in [5, 5.41) is 4.23. The highest BCUT2D eigenvalue weighted by molar-refractivity contribution is 7.18. The number of benzene rings is 1. The second-order valence-electron chi connectivity index (χ2n) is 3.94. The average molecular weight is 232 g/mol. The van der Waals surface area contributed by atoms with Crippen LogP contribution in [0.3, 0.4) is 0 Å². The predicted molar refractivity (Wildman–Crippen MR) is 71.2 cm³/mol. The Morgan fingerprint density at radius 1 is 1.19 bits per heavy atom. The molecule has 1 heterocycles. The van der Waals surface area contributed by atoms with Gasteiger partial charge in [-0.05, 0) is 26.3 Å². The molecule has 2 nitrogen and oxygen atoms in total. The summed E-state index contributed by atoms with van der Waals surface area (Å²) < 4.78 is 0. The summed E-state index contributed by atoms with van der Waals surface area (Å²) in [6.45, 7) is 7.25. The molecule has 2 aromatic rings. The van der Waals surface area contributed by atoms with Gasteiger partial charge in [-0.25, -0.2) is 4.98 Å². The van der Waals surface area contributed by atoms with Crippen LogP contribution in [0, 0.1) is 13.8 Å². The molecular formula is C13H16N2S. The maximum absolute atomic E-state index is 4.35. The van der Waals surface area contributed by atoms with Gasteiger partial charge in [-0.3, -0.25) is 0 Å². The van der Waals surface area contributed by atoms with Crippen molar-refractivity contribution in [2.75, 3.05) is 11.9 Å². The molecule has 0 spiro atoms. The first-order chi connectivity index (χ1) is 7.69. The predicted octanol–water partition coefficient (Wildman–Crippen LogP) is 3.86. The van der Waals surface area contributed by atoms with Gasteiger partial charge in [0.2, 0.25) is 0 Å². The summed E-state index contributed by atoms with van der Waals surface area (Å²) >= 11 is 1.71. The van der Waals surface area contributed by atoms with Gasteiger partial charge in [0.05, 0.1) is 4.88 Å². The largest absolute Gasteiger partial charge is 0.362 e. The Morgan fingerprint density at radius 3 is 2.50 bits per heavy atom. The van der Waals surface area contributed by atoms with Gasteiger partial charge in [-0.1, -0.05) is 40.7 Å². The number of hydrogen-bond donors (Lipinski definition) is 1. The summed E-state index contributed by atoms with van der Waals surface area (Å²) in [4.78, 5) is 5.57. The van der Waals surface area contributed by atoms with E-state index in [2.05, 4.69) is 49.3 Å². The fourth-order valence-corrected chi connectivity index (χ4v) is 2.63. The van der Waals surface area contributed by atoms with E-state index in [-0.39, 0.29) is 0 Å². The standard InChI is InChI=1S/C13H16N2S/c1-4-14-13-15-8-12(16-13)11-6-9(2)5-10(3)7-11/h5-8H,4H2,1-3H3,(H,14,15). The highest BCUT2D eigenvalue weighted by Gasteiger charge is 2.04. The molecule has 0 aliphatic carbocycles. The van der Waals surface area contributed by atoms with Gasteiger partial charge in [0.1, 0.15) is 0 Å². The zero-order valence-corrected chi connectivity index (χ0v) is 10.7. The summed E-state index contributed by atoms with van der Waals surface area (Å²) in [5.41, 5.74) is 3.86. The number of nitrogens with zero attached hydrogens (tertiary/aromatic N) is 1. The molecule has 0 saturated heterocycles. The van der Waals surface area contributed by atoms with Gasteiger partial charge in [0, 0.05) is 12.7 Å². The molecular weight excluding hydrogens is 216 g/mol. The summed E-state index contributed by atoms with van der Waals surface area (Å²) in [5.74, 6) is 0. The van der Waals surface area contributed by atoms with Crippen LogP contribution in [-0.4, -0.2) is 11.5 Å². The Morgan fingerprint density at radius 2 is 1.88 bits per heavy atom. The van der Waals surface area contributed by atoms with Crippen LogP contribution in [0.2, 0.25) is 0 Å². The van der Waals surface area contributed by atoms with Crippen LogP contribution >= 0.6 is 11.3 Å². The first-order valence-corrected chi connectivity index (χ1v) is 6.29. The van der Waals surface area contributed by atoms with Crippen molar-refractivity contribution < 1.29 is 0 Å². The number of anilines is 1. The molecule has 0 fully saturated rings. The first-order valence-electron chi connectivity index (χ1n) is 5.47. The van der Waals surface area contributed by atoms with E-state index in [9.17, 15) is 0 Å². The van der Waals surface area contributed by atoms with Crippen molar-refractivity contribution in [1.82, 2.24) is 4.98 Å². The second kappa shape index (κ2) is 4.66. The smallest absolute Gasteiger partial charge is 0.183 e. The number of rotatable bonds is 3. The lowest BCUT2D eigenvalue weighted by Gasteiger charge is -2.01. The van der Waals surface area contributed by atoms with Crippen molar-refractivity contribution in [2.24, 2.45) is 0 Å². The fourth-order valence-electron chi connectivity index (χ4n) is 1.76. The molecule has 3 heteroatoms. The van der Waals surface area contributed by atoms with Gasteiger partial charge in [0.25, 0.3) is 0 Å². The Bertz CT molecular complexity index is 468. The van der Waals surface area contributed by atoms with Crippen LogP contribution in [0.4, 0.5) is 5.13 Å². The molecule has 0 amide bonds. The van der Waals surface area contributed by atoms with E-state index in [1.54, 1.807) is 11.3 Å². The molecule has 0 bridgehead atoms.